The second-order valence-electron chi connectivity index (χ2n) is 5.69. The smallest absolute Gasteiger partial charge is 0.193 e. The third-order valence-corrected chi connectivity index (χ3v) is 3.74. The minimum absolute atomic E-state index is 0.379. The van der Waals surface area contributed by atoms with Gasteiger partial charge in [0.25, 0.3) is 0 Å². The molecule has 2 rings (SSSR count). The summed E-state index contributed by atoms with van der Waals surface area (Å²) in [5, 5.41) is 3.07. The highest BCUT2D eigenvalue weighted by Crippen LogP contribution is 2.22. The first-order valence-corrected chi connectivity index (χ1v) is 8.64. The van der Waals surface area contributed by atoms with Crippen molar-refractivity contribution < 1.29 is 9.47 Å². The van der Waals surface area contributed by atoms with Gasteiger partial charge in [-0.1, -0.05) is 37.6 Å². The van der Waals surface area contributed by atoms with E-state index >= 15 is 0 Å². The van der Waals surface area contributed by atoms with Gasteiger partial charge in [-0.25, -0.2) is 0 Å². The van der Waals surface area contributed by atoms with Crippen molar-refractivity contribution in [3.05, 3.63) is 54.1 Å². The molecule has 0 saturated heterocycles. The minimum atomic E-state index is 0.379. The third kappa shape index (κ3) is 6.37. The van der Waals surface area contributed by atoms with Crippen molar-refractivity contribution in [1.29, 1.82) is 0 Å². The maximum absolute atomic E-state index is 5.95. The number of unbranched alkanes of at least 4 members (excludes halogenated alkanes) is 1. The highest BCUT2D eigenvalue weighted by molar-refractivity contribution is 5.93. The Kier molecular flexibility index (Phi) is 7.63. The summed E-state index contributed by atoms with van der Waals surface area (Å²) in [4.78, 5) is 4.37. The van der Waals surface area contributed by atoms with Crippen LogP contribution in [0.4, 0.5) is 5.69 Å². The molecule has 134 valence electrons. The van der Waals surface area contributed by atoms with E-state index in [0.717, 1.165) is 43.1 Å². The Morgan fingerprint density at radius 3 is 2.60 bits per heavy atom. The minimum Gasteiger partial charge on any atom is -0.495 e. The van der Waals surface area contributed by atoms with Gasteiger partial charge >= 0.3 is 0 Å². The van der Waals surface area contributed by atoms with Crippen LogP contribution in [-0.4, -0.2) is 26.2 Å². The highest BCUT2D eigenvalue weighted by Gasteiger charge is 2.02. The zero-order chi connectivity index (χ0) is 17.9. The number of para-hydroxylation sites is 2. The molecule has 0 radical (unpaired) electrons. The highest BCUT2D eigenvalue weighted by atomic mass is 16.5. The van der Waals surface area contributed by atoms with Crippen LogP contribution in [0.15, 0.2) is 53.5 Å². The molecule has 5 heteroatoms. The first-order valence-electron chi connectivity index (χ1n) is 8.64. The SMILES string of the molecule is CCCCOc1ccc(CCN=C(N)Nc2ccccc2OC)cc1. The van der Waals surface area contributed by atoms with E-state index < -0.39 is 0 Å². The van der Waals surface area contributed by atoms with Crippen LogP contribution in [0.2, 0.25) is 0 Å². The second kappa shape index (κ2) is 10.2. The third-order valence-electron chi connectivity index (χ3n) is 3.74. The molecule has 3 N–H and O–H groups in total. The fourth-order valence-corrected chi connectivity index (χ4v) is 2.32. The average Bonchev–Trinajstić information content (AvgIpc) is 2.64. The van der Waals surface area contributed by atoms with Crippen molar-refractivity contribution in [2.45, 2.75) is 26.2 Å². The number of benzene rings is 2. The molecule has 0 aliphatic carbocycles. The van der Waals surface area contributed by atoms with Crippen molar-refractivity contribution in [2.24, 2.45) is 10.7 Å². The summed E-state index contributed by atoms with van der Waals surface area (Å²) in [6, 6.07) is 15.8. The molecule has 0 bridgehead atoms. The largest absolute Gasteiger partial charge is 0.495 e. The molecule has 2 aromatic carbocycles. The van der Waals surface area contributed by atoms with Crippen LogP contribution in [-0.2, 0) is 6.42 Å². The van der Waals surface area contributed by atoms with E-state index in [1.54, 1.807) is 7.11 Å². The van der Waals surface area contributed by atoms with Crippen molar-refractivity contribution in [1.82, 2.24) is 0 Å². The lowest BCUT2D eigenvalue weighted by atomic mass is 10.1. The molecule has 0 spiro atoms. The Bertz CT molecular complexity index is 669. The zero-order valence-electron chi connectivity index (χ0n) is 15.0. The Hall–Kier alpha value is -2.69. The number of nitrogens with zero attached hydrogens (tertiary/aromatic N) is 1. The molecule has 0 aromatic heterocycles. The van der Waals surface area contributed by atoms with E-state index in [1.165, 1.54) is 5.56 Å². The number of aliphatic imine (C=N–C) groups is 1. The summed E-state index contributed by atoms with van der Waals surface area (Å²) >= 11 is 0. The molecule has 0 aliphatic heterocycles. The zero-order valence-corrected chi connectivity index (χ0v) is 15.0. The summed E-state index contributed by atoms with van der Waals surface area (Å²) in [5.41, 5.74) is 7.96. The Morgan fingerprint density at radius 2 is 1.88 bits per heavy atom. The van der Waals surface area contributed by atoms with Gasteiger partial charge in [-0.05, 0) is 42.7 Å². The molecule has 0 atom stereocenters. The monoisotopic (exact) mass is 341 g/mol. The fourth-order valence-electron chi connectivity index (χ4n) is 2.32. The molecule has 0 fully saturated rings. The maximum Gasteiger partial charge on any atom is 0.193 e. The summed E-state index contributed by atoms with van der Waals surface area (Å²) < 4.78 is 10.9. The number of methoxy groups -OCH3 is 1. The number of anilines is 1. The predicted octanol–water partition coefficient (Wildman–Crippen LogP) is 3.84. The predicted molar refractivity (Wildman–Crippen MR) is 104 cm³/mol. The first-order chi connectivity index (χ1) is 12.2. The Morgan fingerprint density at radius 1 is 1.12 bits per heavy atom. The normalized spacial score (nSPS) is 11.2. The summed E-state index contributed by atoms with van der Waals surface area (Å²) in [7, 11) is 1.63. The first kappa shape index (κ1) is 18.6. The number of nitrogens with two attached hydrogens (primary N) is 1. The molecule has 0 aliphatic rings. The van der Waals surface area contributed by atoms with E-state index in [-0.39, 0.29) is 0 Å². The van der Waals surface area contributed by atoms with E-state index in [0.29, 0.717) is 12.5 Å². The van der Waals surface area contributed by atoms with Gasteiger partial charge in [-0.2, -0.15) is 0 Å². The molecule has 0 saturated carbocycles. The number of guanidine groups is 1. The van der Waals surface area contributed by atoms with Crippen LogP contribution >= 0.6 is 0 Å². The molecule has 0 unspecified atom stereocenters. The molecule has 0 heterocycles. The number of rotatable bonds is 9. The van der Waals surface area contributed by atoms with Gasteiger partial charge in [0.15, 0.2) is 5.96 Å². The summed E-state index contributed by atoms with van der Waals surface area (Å²) in [5.74, 6) is 2.03. The standard InChI is InChI=1S/C20H27N3O2/c1-3-4-15-25-17-11-9-16(10-12-17)13-14-22-20(21)23-18-7-5-6-8-19(18)24-2/h5-12H,3-4,13-15H2,1-2H3,(H3,21,22,23). The van der Waals surface area contributed by atoms with Crippen LogP contribution in [0.1, 0.15) is 25.3 Å². The second-order valence-corrected chi connectivity index (χ2v) is 5.69. The lowest BCUT2D eigenvalue weighted by Crippen LogP contribution is -2.23. The van der Waals surface area contributed by atoms with E-state index in [2.05, 4.69) is 29.4 Å². The van der Waals surface area contributed by atoms with E-state index in [9.17, 15) is 0 Å². The van der Waals surface area contributed by atoms with Gasteiger partial charge in [0, 0.05) is 6.54 Å². The lowest BCUT2D eigenvalue weighted by molar-refractivity contribution is 0.309. The van der Waals surface area contributed by atoms with Gasteiger partial charge in [0.1, 0.15) is 11.5 Å². The average molecular weight is 341 g/mol. The molecule has 25 heavy (non-hydrogen) atoms. The van der Waals surface area contributed by atoms with Gasteiger partial charge in [0.05, 0.1) is 19.4 Å². The van der Waals surface area contributed by atoms with Crippen molar-refractivity contribution in [3.63, 3.8) is 0 Å². The van der Waals surface area contributed by atoms with Gasteiger partial charge in [0.2, 0.25) is 0 Å². The van der Waals surface area contributed by atoms with Crippen LogP contribution in [0.3, 0.4) is 0 Å². The maximum atomic E-state index is 5.95. The van der Waals surface area contributed by atoms with Crippen LogP contribution in [0, 0.1) is 0 Å². The molecular formula is C20H27N3O2. The molecule has 2 aromatic rings. The number of nitrogens with one attached hydrogen (secondary N) is 1. The van der Waals surface area contributed by atoms with Crippen molar-refractivity contribution >= 4 is 11.6 Å². The van der Waals surface area contributed by atoms with Gasteiger partial charge in [-0.15, -0.1) is 0 Å². The van der Waals surface area contributed by atoms with E-state index in [1.807, 2.05) is 36.4 Å². The van der Waals surface area contributed by atoms with Crippen LogP contribution < -0.4 is 20.5 Å². The van der Waals surface area contributed by atoms with Crippen LogP contribution in [0.25, 0.3) is 0 Å². The van der Waals surface area contributed by atoms with Gasteiger partial charge < -0.3 is 20.5 Å². The molecule has 5 nitrogen and oxygen atoms in total. The molecular weight excluding hydrogens is 314 g/mol. The summed E-state index contributed by atoms with van der Waals surface area (Å²) in [6.45, 7) is 3.54. The molecule has 0 amide bonds. The van der Waals surface area contributed by atoms with Crippen molar-refractivity contribution in [3.8, 4) is 11.5 Å². The Balaban J connectivity index is 1.81. The lowest BCUT2D eigenvalue weighted by Gasteiger charge is -2.10. The Labute approximate surface area is 149 Å². The number of ether oxygens (including phenoxy) is 2. The van der Waals surface area contributed by atoms with Gasteiger partial charge in [-0.3, -0.25) is 4.99 Å². The van der Waals surface area contributed by atoms with E-state index in [4.69, 9.17) is 15.2 Å². The number of hydrogen-bond acceptors (Lipinski definition) is 3. The van der Waals surface area contributed by atoms with Crippen LogP contribution in [0.5, 0.6) is 11.5 Å². The number of hydrogen-bond donors (Lipinski definition) is 2. The topological polar surface area (TPSA) is 68.9 Å². The van der Waals surface area contributed by atoms with Crippen molar-refractivity contribution in [2.75, 3.05) is 25.6 Å². The summed E-state index contributed by atoms with van der Waals surface area (Å²) in [6.07, 6.45) is 3.04. The fraction of sp³-hybridized carbons (Fsp3) is 0.350. The quantitative estimate of drug-likeness (QED) is 0.413.